The van der Waals surface area contributed by atoms with E-state index in [1.54, 1.807) is 0 Å². The van der Waals surface area contributed by atoms with Gasteiger partial charge in [0, 0.05) is 42.9 Å². The average Bonchev–Trinajstić information content (AvgIpc) is 2.90. The molecule has 0 aromatic heterocycles. The van der Waals surface area contributed by atoms with Crippen LogP contribution < -0.4 is 9.64 Å². The Balaban J connectivity index is 1.55. The van der Waals surface area contributed by atoms with Crippen LogP contribution in [0.4, 0.5) is 5.69 Å². The van der Waals surface area contributed by atoms with E-state index >= 15 is 0 Å². The number of hydrogen-bond acceptors (Lipinski definition) is 3. The molecular weight excluding hydrogens is 368 g/mol. The molecular formula is C24H31ClN2O. The van der Waals surface area contributed by atoms with Crippen molar-refractivity contribution >= 4 is 17.3 Å². The summed E-state index contributed by atoms with van der Waals surface area (Å²) in [6, 6.07) is 17.5. The van der Waals surface area contributed by atoms with Gasteiger partial charge in [-0.2, -0.15) is 0 Å². The summed E-state index contributed by atoms with van der Waals surface area (Å²) in [7, 11) is 0. The minimum Gasteiger partial charge on any atom is -0.494 e. The molecule has 0 N–H and O–H groups in total. The highest BCUT2D eigenvalue weighted by Crippen LogP contribution is 2.43. The normalized spacial score (nSPS) is 24.2. The molecule has 3 aliphatic heterocycles. The molecule has 2 bridgehead atoms. The van der Waals surface area contributed by atoms with Crippen molar-refractivity contribution in [3.05, 3.63) is 59.1 Å². The number of fused-ring (bicyclic) bond motifs is 4. The zero-order valence-electron chi connectivity index (χ0n) is 17.2. The maximum Gasteiger partial charge on any atom is 0.119 e. The zero-order chi connectivity index (χ0) is 19.7. The third-order valence-corrected chi connectivity index (χ3v) is 6.55. The van der Waals surface area contributed by atoms with Gasteiger partial charge in [0.05, 0.1) is 6.61 Å². The topological polar surface area (TPSA) is 15.7 Å². The average molecular weight is 399 g/mol. The van der Waals surface area contributed by atoms with Gasteiger partial charge < -0.3 is 9.64 Å². The monoisotopic (exact) mass is 398 g/mol. The van der Waals surface area contributed by atoms with Crippen molar-refractivity contribution in [3.8, 4) is 5.75 Å². The van der Waals surface area contributed by atoms with Crippen LogP contribution in [0.3, 0.4) is 0 Å². The molecule has 0 amide bonds. The van der Waals surface area contributed by atoms with E-state index in [2.05, 4.69) is 60.0 Å². The summed E-state index contributed by atoms with van der Waals surface area (Å²) in [6.07, 6.45) is 1.29. The fraction of sp³-hybridized carbons (Fsp3) is 0.500. The molecule has 0 saturated carbocycles. The second kappa shape index (κ2) is 7.96. The highest BCUT2D eigenvalue weighted by molar-refractivity contribution is 6.30. The first-order valence-electron chi connectivity index (χ1n) is 10.4. The predicted molar refractivity (Wildman–Crippen MR) is 117 cm³/mol. The lowest BCUT2D eigenvalue weighted by Gasteiger charge is -2.48. The first kappa shape index (κ1) is 19.6. The molecule has 3 aliphatic rings. The van der Waals surface area contributed by atoms with Gasteiger partial charge in [-0.15, -0.1) is 0 Å². The molecule has 2 aromatic carbocycles. The van der Waals surface area contributed by atoms with Gasteiger partial charge >= 0.3 is 0 Å². The molecule has 1 unspecified atom stereocenters. The van der Waals surface area contributed by atoms with Crippen molar-refractivity contribution in [2.24, 2.45) is 11.3 Å². The summed E-state index contributed by atoms with van der Waals surface area (Å²) >= 11 is 6.06. The van der Waals surface area contributed by atoms with Crippen LogP contribution in [0.1, 0.15) is 32.8 Å². The van der Waals surface area contributed by atoms with E-state index in [1.165, 1.54) is 17.7 Å². The first-order chi connectivity index (χ1) is 13.4. The maximum absolute atomic E-state index is 6.06. The second-order valence-corrected chi connectivity index (χ2v) is 9.41. The van der Waals surface area contributed by atoms with Crippen molar-refractivity contribution in [3.63, 3.8) is 0 Å². The number of halogens is 1. The molecule has 4 heteroatoms. The quantitative estimate of drug-likeness (QED) is 0.663. The number of benzene rings is 2. The summed E-state index contributed by atoms with van der Waals surface area (Å²) < 4.78 is 5.63. The first-order valence-corrected chi connectivity index (χ1v) is 10.8. The number of anilines is 1. The fourth-order valence-electron chi connectivity index (χ4n) is 5.09. The zero-order valence-corrected chi connectivity index (χ0v) is 18.0. The van der Waals surface area contributed by atoms with Gasteiger partial charge in [0.15, 0.2) is 0 Å². The lowest BCUT2D eigenvalue weighted by Crippen LogP contribution is -2.53. The minimum absolute atomic E-state index is 0.302. The summed E-state index contributed by atoms with van der Waals surface area (Å²) in [5, 5.41) is 0.808. The van der Waals surface area contributed by atoms with Gasteiger partial charge in [-0.3, -0.25) is 4.90 Å². The molecule has 0 radical (unpaired) electrons. The highest BCUT2D eigenvalue weighted by Gasteiger charge is 2.45. The number of nitrogens with zero attached hydrogens (tertiary/aromatic N) is 2. The predicted octanol–water partition coefficient (Wildman–Crippen LogP) is 5.48. The van der Waals surface area contributed by atoms with Gasteiger partial charge in [0.2, 0.25) is 0 Å². The Labute approximate surface area is 174 Å². The van der Waals surface area contributed by atoms with E-state index in [9.17, 15) is 0 Å². The van der Waals surface area contributed by atoms with Crippen LogP contribution >= 0.6 is 11.6 Å². The molecule has 0 spiro atoms. The molecule has 28 heavy (non-hydrogen) atoms. The van der Waals surface area contributed by atoms with Crippen molar-refractivity contribution in [1.82, 2.24) is 4.90 Å². The van der Waals surface area contributed by atoms with Crippen molar-refractivity contribution in [1.29, 1.82) is 0 Å². The lowest BCUT2D eigenvalue weighted by atomic mass is 9.73. The molecule has 3 nitrogen and oxygen atoms in total. The van der Waals surface area contributed by atoms with Crippen molar-refractivity contribution in [2.75, 3.05) is 31.1 Å². The maximum atomic E-state index is 6.06. The summed E-state index contributed by atoms with van der Waals surface area (Å²) in [5.74, 6) is 1.64. The smallest absolute Gasteiger partial charge is 0.119 e. The summed E-state index contributed by atoms with van der Waals surface area (Å²) in [6.45, 7) is 12.0. The van der Waals surface area contributed by atoms with Crippen LogP contribution in [0, 0.1) is 11.3 Å². The van der Waals surface area contributed by atoms with Crippen LogP contribution in [0.5, 0.6) is 5.75 Å². The third kappa shape index (κ3) is 4.16. The van der Waals surface area contributed by atoms with E-state index in [0.29, 0.717) is 24.0 Å². The minimum atomic E-state index is 0.302. The number of rotatable bonds is 5. The van der Waals surface area contributed by atoms with Crippen LogP contribution in [-0.4, -0.2) is 37.2 Å². The Kier molecular flexibility index (Phi) is 5.57. The van der Waals surface area contributed by atoms with Crippen LogP contribution in [0.25, 0.3) is 0 Å². The summed E-state index contributed by atoms with van der Waals surface area (Å²) in [4.78, 5) is 5.29. The molecule has 2 aromatic rings. The molecule has 3 heterocycles. The second-order valence-electron chi connectivity index (χ2n) is 8.97. The van der Waals surface area contributed by atoms with Crippen LogP contribution in [0.2, 0.25) is 5.02 Å². The van der Waals surface area contributed by atoms with Crippen LogP contribution in [-0.2, 0) is 6.54 Å². The Hall–Kier alpha value is -1.71. The van der Waals surface area contributed by atoms with Crippen molar-refractivity contribution in [2.45, 2.75) is 39.8 Å². The van der Waals surface area contributed by atoms with Gasteiger partial charge in [0.1, 0.15) is 5.75 Å². The van der Waals surface area contributed by atoms with E-state index in [0.717, 1.165) is 37.0 Å². The van der Waals surface area contributed by atoms with Gasteiger partial charge in [0.25, 0.3) is 0 Å². The van der Waals surface area contributed by atoms with Crippen molar-refractivity contribution < 1.29 is 4.74 Å². The largest absolute Gasteiger partial charge is 0.494 e. The molecule has 5 rings (SSSR count). The lowest BCUT2D eigenvalue weighted by molar-refractivity contribution is 0.190. The van der Waals surface area contributed by atoms with Gasteiger partial charge in [-0.05, 0) is 66.6 Å². The molecule has 0 aliphatic carbocycles. The third-order valence-electron chi connectivity index (χ3n) is 6.29. The van der Waals surface area contributed by atoms with E-state index in [-0.39, 0.29) is 0 Å². The summed E-state index contributed by atoms with van der Waals surface area (Å²) in [5.41, 5.74) is 2.96. The van der Waals surface area contributed by atoms with E-state index < -0.39 is 0 Å². The Bertz CT molecular complexity index is 787. The number of piperidine rings is 1. The molecule has 3 fully saturated rings. The van der Waals surface area contributed by atoms with Gasteiger partial charge in [-0.25, -0.2) is 0 Å². The Morgan fingerprint density at radius 3 is 2.39 bits per heavy atom. The SMILES string of the molecule is CCOc1ccc(N2CC3CN(Cc4ccc(Cl)cc4)C[C@@H]2C(C)(C)C3)cc1. The Morgan fingerprint density at radius 1 is 1.00 bits per heavy atom. The molecule has 3 saturated heterocycles. The standard InChI is InChI=1S/C24H31ClN2O/c1-4-28-22-11-9-21(10-12-22)27-16-19-13-24(2,3)23(27)17-26(15-19)14-18-5-7-20(25)8-6-18/h5-12,19,23H,4,13-17H2,1-3H3/t19?,23-/m1/s1. The molecule has 150 valence electrons. The number of ether oxygens (including phenoxy) is 1. The van der Waals surface area contributed by atoms with Crippen LogP contribution in [0.15, 0.2) is 48.5 Å². The highest BCUT2D eigenvalue weighted by atomic mass is 35.5. The Morgan fingerprint density at radius 2 is 1.71 bits per heavy atom. The van der Waals surface area contributed by atoms with E-state index in [4.69, 9.17) is 16.3 Å². The number of hydrogen-bond donors (Lipinski definition) is 0. The van der Waals surface area contributed by atoms with Gasteiger partial charge in [-0.1, -0.05) is 37.6 Å². The molecule has 2 atom stereocenters. The fourth-order valence-corrected chi connectivity index (χ4v) is 5.21. The van der Waals surface area contributed by atoms with E-state index in [1.807, 2.05) is 19.1 Å².